The first-order valence-electron chi connectivity index (χ1n) is 13.5. The highest BCUT2D eigenvalue weighted by Gasteiger charge is 2.28. The zero-order chi connectivity index (χ0) is 31.2. The Morgan fingerprint density at radius 3 is 1.93 bits per heavy atom. The lowest BCUT2D eigenvalue weighted by Gasteiger charge is -2.23. The molecule has 0 fully saturated rings. The van der Waals surface area contributed by atoms with Crippen molar-refractivity contribution in [1.29, 1.82) is 0 Å². The number of hydrogen-bond donors (Lipinski definition) is 8. The number of carboxylic acid groups (broad SMARTS) is 1. The van der Waals surface area contributed by atoms with Crippen molar-refractivity contribution < 1.29 is 39.3 Å². The Hall–Kier alpha value is -4.49. The molecule has 0 spiro atoms. The van der Waals surface area contributed by atoms with Gasteiger partial charge in [-0.3, -0.25) is 19.2 Å². The van der Waals surface area contributed by atoms with Gasteiger partial charge in [0.05, 0.1) is 19.2 Å². The Balaban J connectivity index is 1.98. The smallest absolute Gasteiger partial charge is 0.326 e. The summed E-state index contributed by atoms with van der Waals surface area (Å²) in [6.07, 6.45) is 0.365. The first-order chi connectivity index (χ1) is 19.9. The Bertz CT molecular complexity index is 1210. The van der Waals surface area contributed by atoms with Crippen LogP contribution in [0.25, 0.3) is 0 Å². The maximum absolute atomic E-state index is 13.0. The SMILES string of the molecule is CC(C)C[C@H](NC(=O)[C@H](Cc1ccccc1)NC(=O)CNC(=O)[C@@H](CO)NC(=O)[C@@H](N)Cc1ccc(O)cc1)C(=O)O. The van der Waals surface area contributed by atoms with Crippen LogP contribution in [-0.2, 0) is 36.8 Å². The van der Waals surface area contributed by atoms with Gasteiger partial charge in [-0.2, -0.15) is 0 Å². The van der Waals surface area contributed by atoms with Crippen LogP contribution < -0.4 is 27.0 Å². The molecule has 2 rings (SSSR count). The van der Waals surface area contributed by atoms with Crippen molar-refractivity contribution in [3.8, 4) is 5.75 Å². The van der Waals surface area contributed by atoms with Gasteiger partial charge in [0.2, 0.25) is 23.6 Å². The van der Waals surface area contributed by atoms with Crippen LogP contribution in [0.1, 0.15) is 31.4 Å². The maximum atomic E-state index is 13.0. The molecule has 0 aliphatic heterocycles. The van der Waals surface area contributed by atoms with E-state index in [0.717, 1.165) is 0 Å². The molecule has 0 saturated heterocycles. The zero-order valence-corrected chi connectivity index (χ0v) is 23.6. The molecule has 228 valence electrons. The fourth-order valence-corrected chi connectivity index (χ4v) is 4.01. The summed E-state index contributed by atoms with van der Waals surface area (Å²) in [5, 5.41) is 38.2. The molecule has 4 amide bonds. The van der Waals surface area contributed by atoms with E-state index in [9.17, 15) is 39.3 Å². The minimum Gasteiger partial charge on any atom is -0.508 e. The van der Waals surface area contributed by atoms with E-state index in [1.807, 2.05) is 13.8 Å². The second-order valence-electron chi connectivity index (χ2n) is 10.3. The lowest BCUT2D eigenvalue weighted by Crippen LogP contribution is -2.56. The molecule has 42 heavy (non-hydrogen) atoms. The van der Waals surface area contributed by atoms with Crippen molar-refractivity contribution in [1.82, 2.24) is 21.3 Å². The van der Waals surface area contributed by atoms with Crippen molar-refractivity contribution in [3.63, 3.8) is 0 Å². The molecule has 0 heterocycles. The first kappa shape index (κ1) is 33.7. The van der Waals surface area contributed by atoms with E-state index in [1.165, 1.54) is 12.1 Å². The summed E-state index contributed by atoms with van der Waals surface area (Å²) in [4.78, 5) is 62.4. The van der Waals surface area contributed by atoms with E-state index in [0.29, 0.717) is 11.1 Å². The quantitative estimate of drug-likeness (QED) is 0.123. The molecule has 9 N–H and O–H groups in total. The average Bonchev–Trinajstić information content (AvgIpc) is 2.95. The van der Waals surface area contributed by atoms with Crippen LogP contribution in [0.5, 0.6) is 5.75 Å². The third kappa shape index (κ3) is 11.6. The monoisotopic (exact) mass is 585 g/mol. The topological polar surface area (TPSA) is 220 Å². The fraction of sp³-hybridized carbons (Fsp3) is 0.414. The predicted molar refractivity (Wildman–Crippen MR) is 153 cm³/mol. The molecular formula is C29H39N5O8. The third-order valence-corrected chi connectivity index (χ3v) is 6.22. The van der Waals surface area contributed by atoms with Crippen LogP contribution in [-0.4, -0.2) is 82.2 Å². The van der Waals surface area contributed by atoms with E-state index in [-0.39, 0.29) is 30.9 Å². The van der Waals surface area contributed by atoms with Crippen LogP contribution in [0, 0.1) is 5.92 Å². The lowest BCUT2D eigenvalue weighted by molar-refractivity contribution is -0.142. The Labute approximate surface area is 243 Å². The zero-order valence-electron chi connectivity index (χ0n) is 23.6. The summed E-state index contributed by atoms with van der Waals surface area (Å²) >= 11 is 0. The van der Waals surface area contributed by atoms with Gasteiger partial charge in [-0.15, -0.1) is 0 Å². The normalized spacial score (nSPS) is 13.7. The summed E-state index contributed by atoms with van der Waals surface area (Å²) in [7, 11) is 0. The second-order valence-corrected chi connectivity index (χ2v) is 10.3. The minimum atomic E-state index is -1.40. The largest absolute Gasteiger partial charge is 0.508 e. The van der Waals surface area contributed by atoms with Crippen LogP contribution in [0.2, 0.25) is 0 Å². The number of aliphatic hydroxyl groups excluding tert-OH is 1. The van der Waals surface area contributed by atoms with E-state index in [2.05, 4.69) is 21.3 Å². The number of benzene rings is 2. The molecule has 13 heteroatoms. The van der Waals surface area contributed by atoms with E-state index < -0.39 is 66.9 Å². The summed E-state index contributed by atoms with van der Waals surface area (Å²) in [6, 6.07) is 10.1. The highest BCUT2D eigenvalue weighted by Crippen LogP contribution is 2.11. The number of carboxylic acids is 1. The van der Waals surface area contributed by atoms with Crippen LogP contribution in [0.4, 0.5) is 0 Å². The van der Waals surface area contributed by atoms with Gasteiger partial charge >= 0.3 is 5.97 Å². The highest BCUT2D eigenvalue weighted by molar-refractivity contribution is 5.94. The predicted octanol–water partition coefficient (Wildman–Crippen LogP) is -0.802. The molecule has 0 unspecified atom stereocenters. The number of amides is 4. The van der Waals surface area contributed by atoms with Crippen molar-refractivity contribution in [2.24, 2.45) is 11.7 Å². The standard InChI is InChI=1S/C29H39N5O8/c1-17(2)12-23(29(41)42)33-28(40)22(14-18-6-4-3-5-7-18)32-25(37)15-31-27(39)24(16-35)34-26(38)21(30)13-19-8-10-20(36)11-9-19/h3-11,17,21-24,35-36H,12-16,30H2,1-2H3,(H,31,39)(H,32,37)(H,33,40)(H,34,38)(H,41,42)/t21-,22-,23-,24+/m0/s1. The number of nitrogens with one attached hydrogen (secondary N) is 4. The van der Waals surface area contributed by atoms with Gasteiger partial charge < -0.3 is 42.3 Å². The summed E-state index contributed by atoms with van der Waals surface area (Å²) in [6.45, 7) is 2.28. The number of hydrogen-bond acceptors (Lipinski definition) is 8. The van der Waals surface area contributed by atoms with Gasteiger partial charge in [0.25, 0.3) is 0 Å². The Morgan fingerprint density at radius 1 is 0.762 bits per heavy atom. The lowest BCUT2D eigenvalue weighted by atomic mass is 10.0. The first-order valence-corrected chi connectivity index (χ1v) is 13.5. The number of rotatable bonds is 16. The fourth-order valence-electron chi connectivity index (χ4n) is 4.01. The number of phenols is 1. The highest BCUT2D eigenvalue weighted by atomic mass is 16.4. The van der Waals surface area contributed by atoms with Crippen LogP contribution in [0.15, 0.2) is 54.6 Å². The van der Waals surface area contributed by atoms with E-state index in [1.54, 1.807) is 42.5 Å². The minimum absolute atomic E-state index is 0.00824. The van der Waals surface area contributed by atoms with Gasteiger partial charge in [-0.1, -0.05) is 56.3 Å². The third-order valence-electron chi connectivity index (χ3n) is 6.22. The number of carbonyl (C=O) groups is 5. The average molecular weight is 586 g/mol. The molecule has 2 aromatic carbocycles. The molecule has 0 saturated carbocycles. The van der Waals surface area contributed by atoms with Crippen molar-refractivity contribution >= 4 is 29.6 Å². The molecule has 0 aliphatic carbocycles. The van der Waals surface area contributed by atoms with Gasteiger partial charge in [0, 0.05) is 6.42 Å². The molecule has 13 nitrogen and oxygen atoms in total. The number of phenolic OH excluding ortho intramolecular Hbond substituents is 1. The van der Waals surface area contributed by atoms with Gasteiger partial charge in [-0.25, -0.2) is 4.79 Å². The molecule has 0 aromatic heterocycles. The van der Waals surface area contributed by atoms with Crippen LogP contribution in [0.3, 0.4) is 0 Å². The molecule has 4 atom stereocenters. The Kier molecular flexibility index (Phi) is 13.4. The van der Waals surface area contributed by atoms with E-state index >= 15 is 0 Å². The summed E-state index contributed by atoms with van der Waals surface area (Å²) < 4.78 is 0. The van der Waals surface area contributed by atoms with Gasteiger partial charge in [0.15, 0.2) is 0 Å². The number of aliphatic hydroxyl groups is 1. The molecular weight excluding hydrogens is 546 g/mol. The second kappa shape index (κ2) is 16.7. The van der Waals surface area contributed by atoms with Crippen molar-refractivity contribution in [3.05, 3.63) is 65.7 Å². The van der Waals surface area contributed by atoms with Crippen molar-refractivity contribution in [2.45, 2.75) is 57.3 Å². The van der Waals surface area contributed by atoms with E-state index in [4.69, 9.17) is 5.73 Å². The number of aliphatic carboxylic acids is 1. The number of nitrogens with two attached hydrogens (primary N) is 1. The summed E-state index contributed by atoms with van der Waals surface area (Å²) in [5.74, 6) is -4.17. The molecule has 2 aromatic rings. The molecule has 0 bridgehead atoms. The summed E-state index contributed by atoms with van der Waals surface area (Å²) in [5.41, 5.74) is 7.30. The number of aromatic hydroxyl groups is 1. The molecule has 0 radical (unpaired) electrons. The maximum Gasteiger partial charge on any atom is 0.326 e. The van der Waals surface area contributed by atoms with Gasteiger partial charge in [-0.05, 0) is 42.0 Å². The van der Waals surface area contributed by atoms with Crippen molar-refractivity contribution in [2.75, 3.05) is 13.2 Å². The van der Waals surface area contributed by atoms with Gasteiger partial charge in [0.1, 0.15) is 23.9 Å². The van der Waals surface area contributed by atoms with Crippen LogP contribution >= 0.6 is 0 Å². The molecule has 0 aliphatic rings. The number of carbonyl (C=O) groups excluding carboxylic acids is 4. The Morgan fingerprint density at radius 2 is 1.36 bits per heavy atom.